The van der Waals surface area contributed by atoms with E-state index in [1.54, 1.807) is 13.0 Å². The van der Waals surface area contributed by atoms with E-state index < -0.39 is 5.82 Å². The number of benzene rings is 2. The van der Waals surface area contributed by atoms with Crippen molar-refractivity contribution in [3.05, 3.63) is 58.7 Å². The highest BCUT2D eigenvalue weighted by Gasteiger charge is 2.15. The number of rotatable bonds is 3. The van der Waals surface area contributed by atoms with Crippen molar-refractivity contribution in [1.29, 1.82) is 0 Å². The van der Waals surface area contributed by atoms with Crippen molar-refractivity contribution in [2.45, 2.75) is 6.92 Å². The predicted molar refractivity (Wildman–Crippen MR) is 97.6 cm³/mol. The third kappa shape index (κ3) is 3.25. The van der Waals surface area contributed by atoms with Gasteiger partial charge in [0.05, 0.1) is 5.69 Å². The second kappa shape index (κ2) is 6.76. The zero-order valence-corrected chi connectivity index (χ0v) is 14.7. The largest absolute Gasteiger partial charge is 0.486 e. The molecule has 0 saturated carbocycles. The average molecular weight is 370 g/mol. The molecule has 1 aliphatic heterocycles. The van der Waals surface area contributed by atoms with E-state index in [9.17, 15) is 9.18 Å². The summed E-state index contributed by atoms with van der Waals surface area (Å²) in [4.78, 5) is 16.8. The normalized spacial score (nSPS) is 12.7. The zero-order chi connectivity index (χ0) is 18.1. The molecular weight excluding hydrogens is 355 g/mol. The van der Waals surface area contributed by atoms with E-state index in [4.69, 9.17) is 9.47 Å². The van der Waals surface area contributed by atoms with Gasteiger partial charge in [0.25, 0.3) is 5.91 Å². The van der Waals surface area contributed by atoms with Gasteiger partial charge >= 0.3 is 0 Å². The Morgan fingerprint density at radius 3 is 2.81 bits per heavy atom. The van der Waals surface area contributed by atoms with Crippen LogP contribution in [0.1, 0.15) is 15.9 Å². The Morgan fingerprint density at radius 2 is 1.96 bits per heavy atom. The van der Waals surface area contributed by atoms with Crippen LogP contribution in [0.15, 0.2) is 41.8 Å². The van der Waals surface area contributed by atoms with Gasteiger partial charge in [0.1, 0.15) is 19.0 Å². The summed E-state index contributed by atoms with van der Waals surface area (Å²) >= 11 is 1.31. The maximum Gasteiger partial charge on any atom is 0.257 e. The first-order valence-electron chi connectivity index (χ1n) is 8.03. The molecule has 2 heterocycles. The Hall–Kier alpha value is -2.93. The minimum Gasteiger partial charge on any atom is -0.486 e. The van der Waals surface area contributed by atoms with E-state index in [2.05, 4.69) is 10.3 Å². The van der Waals surface area contributed by atoms with Gasteiger partial charge in [0.15, 0.2) is 16.6 Å². The maximum absolute atomic E-state index is 13.4. The summed E-state index contributed by atoms with van der Waals surface area (Å²) < 4.78 is 24.5. The molecule has 0 bridgehead atoms. The minimum absolute atomic E-state index is 0.293. The number of nitrogens with one attached hydrogen (secondary N) is 1. The molecule has 4 rings (SSSR count). The highest BCUT2D eigenvalue weighted by atomic mass is 32.1. The molecule has 26 heavy (non-hydrogen) atoms. The Bertz CT molecular complexity index is 987. The summed E-state index contributed by atoms with van der Waals surface area (Å²) in [5, 5.41) is 5.02. The van der Waals surface area contributed by atoms with Gasteiger partial charge in [-0.2, -0.15) is 0 Å². The lowest BCUT2D eigenvalue weighted by atomic mass is 10.1. The van der Waals surface area contributed by atoms with Crippen LogP contribution in [0.5, 0.6) is 11.5 Å². The number of nitrogens with zero attached hydrogens (tertiary/aromatic N) is 1. The fourth-order valence-electron chi connectivity index (χ4n) is 2.67. The summed E-state index contributed by atoms with van der Waals surface area (Å²) in [5.41, 5.74) is 2.58. The molecule has 5 nitrogen and oxygen atoms in total. The monoisotopic (exact) mass is 370 g/mol. The van der Waals surface area contributed by atoms with E-state index in [0.29, 0.717) is 41.0 Å². The second-order valence-corrected chi connectivity index (χ2v) is 6.67. The summed E-state index contributed by atoms with van der Waals surface area (Å²) in [6.45, 7) is 2.82. The van der Waals surface area contributed by atoms with Gasteiger partial charge in [-0.15, -0.1) is 11.3 Å². The molecule has 1 amide bonds. The lowest BCUT2D eigenvalue weighted by molar-refractivity contribution is 0.102. The molecule has 1 aliphatic rings. The van der Waals surface area contributed by atoms with Crippen LogP contribution in [0.25, 0.3) is 11.3 Å². The molecule has 0 spiro atoms. The number of carbonyl (C=O) groups is 1. The average Bonchev–Trinajstić information content (AvgIpc) is 3.11. The fraction of sp³-hybridized carbons (Fsp3) is 0.158. The van der Waals surface area contributed by atoms with Crippen LogP contribution >= 0.6 is 11.3 Å². The van der Waals surface area contributed by atoms with Crippen LogP contribution in [0.3, 0.4) is 0 Å². The van der Waals surface area contributed by atoms with Crippen LogP contribution < -0.4 is 14.8 Å². The van der Waals surface area contributed by atoms with Crippen molar-refractivity contribution in [3.63, 3.8) is 0 Å². The van der Waals surface area contributed by atoms with E-state index in [1.807, 2.05) is 23.6 Å². The van der Waals surface area contributed by atoms with E-state index in [0.717, 1.165) is 11.3 Å². The number of fused-ring (bicyclic) bond motifs is 1. The summed E-state index contributed by atoms with van der Waals surface area (Å²) in [5.74, 6) is 0.565. The lowest BCUT2D eigenvalue weighted by Gasteiger charge is -2.18. The third-order valence-electron chi connectivity index (χ3n) is 4.01. The van der Waals surface area contributed by atoms with E-state index in [-0.39, 0.29) is 5.91 Å². The molecule has 0 fully saturated rings. The number of amides is 1. The van der Waals surface area contributed by atoms with Gasteiger partial charge < -0.3 is 9.47 Å². The summed E-state index contributed by atoms with van der Waals surface area (Å²) in [6.07, 6.45) is 0. The van der Waals surface area contributed by atoms with Crippen LogP contribution in [0.4, 0.5) is 9.52 Å². The second-order valence-electron chi connectivity index (χ2n) is 5.81. The smallest absolute Gasteiger partial charge is 0.257 e. The number of carbonyl (C=O) groups excluding carboxylic acids is 1. The third-order valence-corrected chi connectivity index (χ3v) is 4.76. The Balaban J connectivity index is 1.55. The number of aromatic nitrogens is 1. The van der Waals surface area contributed by atoms with Gasteiger partial charge in [0, 0.05) is 16.5 Å². The molecule has 0 unspecified atom stereocenters. The van der Waals surface area contributed by atoms with Crippen LogP contribution in [-0.4, -0.2) is 24.1 Å². The standard InChI is InChI=1S/C19H15FN2O3S/c1-11-2-4-13(20)9-14(11)18(23)22-19-21-15(10-26-19)12-3-5-16-17(8-12)25-7-6-24-16/h2-5,8-10H,6-7H2,1H3,(H,21,22,23). The van der Waals surface area contributed by atoms with Crippen molar-refractivity contribution >= 4 is 22.4 Å². The fourth-order valence-corrected chi connectivity index (χ4v) is 3.38. The first-order chi connectivity index (χ1) is 12.6. The molecule has 1 N–H and O–H groups in total. The van der Waals surface area contributed by atoms with Gasteiger partial charge in [-0.25, -0.2) is 9.37 Å². The molecule has 7 heteroatoms. The maximum atomic E-state index is 13.4. The lowest BCUT2D eigenvalue weighted by Crippen LogP contribution is -2.15. The van der Waals surface area contributed by atoms with Gasteiger partial charge in [-0.1, -0.05) is 6.07 Å². The van der Waals surface area contributed by atoms with Crippen LogP contribution in [-0.2, 0) is 0 Å². The predicted octanol–water partition coefficient (Wildman–Crippen LogP) is 4.28. The first-order valence-corrected chi connectivity index (χ1v) is 8.91. The molecule has 1 aromatic heterocycles. The van der Waals surface area contributed by atoms with E-state index >= 15 is 0 Å². The van der Waals surface area contributed by atoms with Crippen molar-refractivity contribution < 1.29 is 18.7 Å². The SMILES string of the molecule is Cc1ccc(F)cc1C(=O)Nc1nc(-c2ccc3c(c2)OCCO3)cs1. The summed E-state index contributed by atoms with van der Waals surface area (Å²) in [6, 6.07) is 9.73. The van der Waals surface area contributed by atoms with E-state index in [1.165, 1.54) is 23.5 Å². The quantitative estimate of drug-likeness (QED) is 0.748. The Kier molecular flexibility index (Phi) is 4.30. The molecule has 132 valence electrons. The summed E-state index contributed by atoms with van der Waals surface area (Å²) in [7, 11) is 0. The van der Waals surface area contributed by atoms with Crippen molar-refractivity contribution in [3.8, 4) is 22.8 Å². The highest BCUT2D eigenvalue weighted by Crippen LogP contribution is 2.35. The molecule has 0 saturated heterocycles. The Morgan fingerprint density at radius 1 is 1.15 bits per heavy atom. The molecule has 0 aliphatic carbocycles. The topological polar surface area (TPSA) is 60.5 Å². The highest BCUT2D eigenvalue weighted by molar-refractivity contribution is 7.14. The number of halogens is 1. The number of anilines is 1. The van der Waals surface area contributed by atoms with Crippen LogP contribution in [0.2, 0.25) is 0 Å². The Labute approximate surface area is 153 Å². The molecule has 3 aromatic rings. The van der Waals surface area contributed by atoms with Crippen molar-refractivity contribution in [2.24, 2.45) is 0 Å². The van der Waals surface area contributed by atoms with Crippen LogP contribution in [0, 0.1) is 12.7 Å². The number of hydrogen-bond acceptors (Lipinski definition) is 5. The zero-order valence-electron chi connectivity index (χ0n) is 13.9. The number of hydrogen-bond donors (Lipinski definition) is 1. The molecule has 0 radical (unpaired) electrons. The van der Waals surface area contributed by atoms with Gasteiger partial charge in [-0.3, -0.25) is 10.1 Å². The number of thiazole rings is 1. The number of ether oxygens (including phenoxy) is 2. The molecule has 2 aromatic carbocycles. The number of aryl methyl sites for hydroxylation is 1. The van der Waals surface area contributed by atoms with Gasteiger partial charge in [0.2, 0.25) is 0 Å². The minimum atomic E-state index is -0.447. The first kappa shape index (κ1) is 16.5. The molecule has 0 atom stereocenters. The van der Waals surface area contributed by atoms with Crippen molar-refractivity contribution in [1.82, 2.24) is 4.98 Å². The molecular formula is C19H15FN2O3S. The van der Waals surface area contributed by atoms with Gasteiger partial charge in [-0.05, 0) is 42.8 Å². The van der Waals surface area contributed by atoms with Crippen molar-refractivity contribution in [2.75, 3.05) is 18.5 Å².